The molecule has 0 fully saturated rings. The van der Waals surface area contributed by atoms with Crippen LogP contribution in [-0.4, -0.2) is 79.3 Å². The standard InChI is InChI=1S/C19H22N4O4S.C19H22N4O3S.C19H24N4O3S/c24-19(22-28(25,26)16-11-20-23-8-3-9-27-18(16)23)21-17-14-6-1-4-12(14)10-13-5-2-7-15(13)17;24-19(22-27(25,26)17-11-14-6-3-9-23(14)21-17)20-18-15-7-1-4-12(15)10-13-5-2-8-16(13)18;1-2-10-23-11-9-17(21-23)27(25,26)22-19(24)20-18-15-7-3-5-13(15)12-14-6-4-8-16(14)18/h10-11H,1-9H2,(H2,21,22,24);10-11H,1-9H2,(H2,20,22,24);9,11-12H,2-8,10H2,1H3,(H2,20,22,24). The van der Waals surface area contributed by atoms with Gasteiger partial charge in [-0.25, -0.2) is 41.6 Å². The first kappa shape index (κ1) is 55.3. The van der Waals surface area contributed by atoms with E-state index in [0.29, 0.717) is 19.7 Å². The van der Waals surface area contributed by atoms with Crippen LogP contribution in [0.1, 0.15) is 137 Å². The van der Waals surface area contributed by atoms with Crippen LogP contribution in [0.25, 0.3) is 0 Å². The molecule has 0 atom stereocenters. The average molecular weight is 1180 g/mol. The molecule has 0 spiro atoms. The number of rotatable bonds is 11. The molecule has 0 saturated heterocycles. The summed E-state index contributed by atoms with van der Waals surface area (Å²) in [5, 5.41) is 20.5. The highest BCUT2D eigenvalue weighted by Crippen LogP contribution is 2.41. The normalized spacial score (nSPS) is 16.8. The zero-order chi connectivity index (χ0) is 56.9. The number of carbonyl (C=O) groups excluding carboxylic acids is 3. The SMILES string of the molecule is CCCn1ccc(S(=O)(=O)NC(=O)Nc2c3c(cc4c2CCC4)CCC3)n1.O=C(Nc1c2c(cc3c1CCC3)CCC2)NS(=O)(=O)c1cc2n(n1)CCC2.O=C(Nc1c2c(cc3c1CCC3)CCC2)NS(=O)(=O)c1cnn2c1OCCC2. The summed E-state index contributed by atoms with van der Waals surface area (Å²) in [7, 11) is -12.1. The largest absolute Gasteiger partial charge is 0.477 e. The lowest BCUT2D eigenvalue weighted by atomic mass is 9.99. The van der Waals surface area contributed by atoms with Crippen molar-refractivity contribution in [1.29, 1.82) is 0 Å². The Kier molecular flexibility index (Phi) is 15.2. The maximum atomic E-state index is 12.7. The van der Waals surface area contributed by atoms with E-state index in [9.17, 15) is 39.6 Å². The molecule has 6 N–H and O–H groups in total. The van der Waals surface area contributed by atoms with Crippen molar-refractivity contribution in [3.05, 3.63) is 115 Å². The number of nitrogens with one attached hydrogen (secondary N) is 6. The van der Waals surface area contributed by atoms with Gasteiger partial charge < -0.3 is 20.7 Å². The van der Waals surface area contributed by atoms with Gasteiger partial charge in [-0.1, -0.05) is 25.1 Å². The van der Waals surface area contributed by atoms with Gasteiger partial charge in [0.25, 0.3) is 30.1 Å². The Hall–Kier alpha value is -7.25. The maximum absolute atomic E-state index is 12.7. The highest BCUT2D eigenvalue weighted by Gasteiger charge is 2.33. The second-order valence-electron chi connectivity index (χ2n) is 22.3. The van der Waals surface area contributed by atoms with Gasteiger partial charge in [0.15, 0.2) is 14.9 Å². The molecule has 8 aliphatic rings. The molecule has 14 rings (SSSR count). The predicted molar refractivity (Wildman–Crippen MR) is 305 cm³/mol. The fraction of sp³-hybridized carbons (Fsp3) is 0.474. The lowest BCUT2D eigenvalue weighted by Gasteiger charge is -2.17. The van der Waals surface area contributed by atoms with Crippen molar-refractivity contribution in [2.24, 2.45) is 0 Å². The highest BCUT2D eigenvalue weighted by molar-refractivity contribution is 7.90. The molecule has 3 aromatic carbocycles. The van der Waals surface area contributed by atoms with Crippen LogP contribution in [0.3, 0.4) is 0 Å². The summed E-state index contributed by atoms with van der Waals surface area (Å²) in [6, 6.07) is 7.59. The number of hydrogen-bond donors (Lipinski definition) is 6. The molecule has 434 valence electrons. The van der Waals surface area contributed by atoms with E-state index < -0.39 is 48.2 Å². The van der Waals surface area contributed by atoms with Crippen molar-refractivity contribution >= 4 is 65.2 Å². The van der Waals surface area contributed by atoms with Crippen LogP contribution in [0.15, 0.2) is 57.7 Å². The molecule has 22 nitrogen and oxygen atoms in total. The fourth-order valence-electron chi connectivity index (χ4n) is 13.3. The summed E-state index contributed by atoms with van der Waals surface area (Å²) in [6.45, 7) is 4.36. The summed E-state index contributed by atoms with van der Waals surface area (Å²) in [5.74, 6) is 0.188. The summed E-state index contributed by atoms with van der Waals surface area (Å²) >= 11 is 0. The van der Waals surface area contributed by atoms with Gasteiger partial charge in [-0.15, -0.1) is 0 Å². The molecule has 82 heavy (non-hydrogen) atoms. The zero-order valence-corrected chi connectivity index (χ0v) is 48.4. The first-order valence-electron chi connectivity index (χ1n) is 28.8. The van der Waals surface area contributed by atoms with Gasteiger partial charge in [0.05, 0.1) is 12.8 Å². The van der Waals surface area contributed by atoms with Crippen molar-refractivity contribution in [3.63, 3.8) is 0 Å². The van der Waals surface area contributed by atoms with Gasteiger partial charge in [-0.05, 0) is 208 Å². The molecule has 25 heteroatoms. The number of aryl methyl sites for hydroxylation is 10. The number of fused-ring (bicyclic) bond motifs is 8. The number of amides is 6. The monoisotopic (exact) mass is 1180 g/mol. The highest BCUT2D eigenvalue weighted by atomic mass is 32.2. The Morgan fingerprint density at radius 3 is 1.37 bits per heavy atom. The van der Waals surface area contributed by atoms with E-state index in [1.165, 1.54) is 61.5 Å². The van der Waals surface area contributed by atoms with Crippen LogP contribution >= 0.6 is 0 Å². The van der Waals surface area contributed by atoms with Crippen LogP contribution in [0.2, 0.25) is 0 Å². The zero-order valence-electron chi connectivity index (χ0n) is 45.9. The fourth-order valence-corrected chi connectivity index (χ4v) is 16.0. The van der Waals surface area contributed by atoms with Gasteiger partial charge in [-0.2, -0.15) is 32.1 Å². The van der Waals surface area contributed by atoms with Gasteiger partial charge in [0, 0.05) is 61.1 Å². The molecule has 0 bridgehead atoms. The molecule has 6 aromatic rings. The molecule has 0 radical (unpaired) electrons. The quantitative estimate of drug-likeness (QED) is 0.0746. The summed E-state index contributed by atoms with van der Waals surface area (Å²) in [5.41, 5.74) is 18.0. The van der Waals surface area contributed by atoms with E-state index in [2.05, 4.69) is 63.6 Å². The smallest absolute Gasteiger partial charge is 0.333 e. The van der Waals surface area contributed by atoms with Crippen molar-refractivity contribution in [2.75, 3.05) is 22.6 Å². The van der Waals surface area contributed by atoms with Crippen molar-refractivity contribution in [2.45, 2.75) is 183 Å². The van der Waals surface area contributed by atoms with E-state index >= 15 is 0 Å². The number of sulfonamides is 3. The Labute approximate surface area is 477 Å². The Morgan fingerprint density at radius 2 is 0.927 bits per heavy atom. The van der Waals surface area contributed by atoms with Gasteiger partial charge in [-0.3, -0.25) is 9.36 Å². The van der Waals surface area contributed by atoms with Crippen LogP contribution in [-0.2, 0) is 133 Å². The summed E-state index contributed by atoms with van der Waals surface area (Å²) in [4.78, 5) is 37.6. The molecule has 6 aliphatic carbocycles. The van der Waals surface area contributed by atoms with E-state index in [4.69, 9.17) is 4.74 Å². The number of benzene rings is 3. The minimum absolute atomic E-state index is 0.0872. The molecule has 2 aliphatic heterocycles. The van der Waals surface area contributed by atoms with Crippen LogP contribution < -0.4 is 34.9 Å². The molecule has 5 heterocycles. The molecular weight excluding hydrogens is 1110 g/mol. The van der Waals surface area contributed by atoms with E-state index in [0.717, 1.165) is 193 Å². The van der Waals surface area contributed by atoms with Crippen molar-refractivity contribution in [3.8, 4) is 5.88 Å². The van der Waals surface area contributed by atoms with Gasteiger partial charge in [0.2, 0.25) is 5.88 Å². The molecule has 0 unspecified atom stereocenters. The van der Waals surface area contributed by atoms with Crippen LogP contribution in [0.5, 0.6) is 5.88 Å². The number of urea groups is 3. The maximum Gasteiger partial charge on any atom is 0.333 e. The number of carbonyl (C=O) groups is 3. The van der Waals surface area contributed by atoms with E-state index in [1.807, 2.05) is 6.92 Å². The van der Waals surface area contributed by atoms with Crippen LogP contribution in [0, 0.1) is 0 Å². The third kappa shape index (κ3) is 11.1. The summed E-state index contributed by atoms with van der Waals surface area (Å²) < 4.78 is 92.1. The summed E-state index contributed by atoms with van der Waals surface area (Å²) in [6.07, 6.45) is 24.3. The first-order chi connectivity index (χ1) is 39.5. The van der Waals surface area contributed by atoms with Gasteiger partial charge >= 0.3 is 18.1 Å². The lowest BCUT2D eigenvalue weighted by Crippen LogP contribution is -2.35. The second-order valence-corrected chi connectivity index (χ2v) is 27.2. The second kappa shape index (κ2) is 22.5. The van der Waals surface area contributed by atoms with Crippen molar-refractivity contribution in [1.82, 2.24) is 43.5 Å². The Morgan fingerprint density at radius 1 is 0.500 bits per heavy atom. The number of anilines is 3. The molecule has 3 aromatic heterocycles. The number of nitrogens with zero attached hydrogens (tertiary/aromatic N) is 6. The van der Waals surface area contributed by atoms with Crippen molar-refractivity contribution < 1.29 is 44.4 Å². The lowest BCUT2D eigenvalue weighted by molar-refractivity contribution is 0.224. The first-order valence-corrected chi connectivity index (χ1v) is 33.3. The minimum atomic E-state index is -4.08. The van der Waals surface area contributed by atoms with Gasteiger partial charge in [0.1, 0.15) is 0 Å². The molecular formula is C57H68N12O10S3. The Balaban J connectivity index is 0.000000122. The number of ether oxygens (including phenoxy) is 1. The topological polar surface area (TPSA) is 288 Å². The molecule has 6 amide bonds. The van der Waals surface area contributed by atoms with E-state index in [1.54, 1.807) is 21.6 Å². The van der Waals surface area contributed by atoms with Crippen LogP contribution in [0.4, 0.5) is 31.4 Å². The number of aromatic nitrogens is 6. The predicted octanol–water partition coefficient (Wildman–Crippen LogP) is 7.25. The van der Waals surface area contributed by atoms with E-state index in [-0.39, 0.29) is 20.8 Å². The third-order valence-electron chi connectivity index (χ3n) is 16.9. The Bertz CT molecular complexity index is 3800. The third-order valence-corrected chi connectivity index (χ3v) is 20.6. The molecule has 0 saturated carbocycles. The number of hydrogen-bond acceptors (Lipinski definition) is 13. The minimum Gasteiger partial charge on any atom is -0.477 e. The average Bonchev–Trinajstić information content (AvgIpc) is 4.45.